The molecule has 0 aliphatic heterocycles. The van der Waals surface area contributed by atoms with E-state index in [9.17, 15) is 9.59 Å². The molecule has 0 rings (SSSR count). The minimum atomic E-state index is -0.535. The van der Waals surface area contributed by atoms with Gasteiger partial charge in [0.15, 0.2) is 6.10 Å². The molecular weight excluding hydrogens is 813 g/mol. The zero-order valence-electron chi connectivity index (χ0n) is 45.0. The molecule has 0 heterocycles. The van der Waals surface area contributed by atoms with Gasteiger partial charge in [0.1, 0.15) is 6.61 Å². The van der Waals surface area contributed by atoms with Crippen molar-refractivity contribution in [1.29, 1.82) is 0 Å². The molecule has 5 nitrogen and oxygen atoms in total. The van der Waals surface area contributed by atoms with E-state index < -0.39 is 6.10 Å². The number of unbranched alkanes of at least 4 members (excludes halogenated alkanes) is 41. The molecule has 0 aliphatic rings. The highest BCUT2D eigenvalue weighted by molar-refractivity contribution is 5.70. The molecule has 390 valence electrons. The molecule has 0 bridgehead atoms. The van der Waals surface area contributed by atoms with Crippen molar-refractivity contribution in [2.24, 2.45) is 0 Å². The van der Waals surface area contributed by atoms with Gasteiger partial charge in [-0.15, -0.1) is 0 Å². The van der Waals surface area contributed by atoms with Crippen molar-refractivity contribution >= 4 is 11.9 Å². The lowest BCUT2D eigenvalue weighted by atomic mass is 10.0. The average molecular weight is 930 g/mol. The molecular formula is C61H116O5. The van der Waals surface area contributed by atoms with E-state index in [1.165, 1.54) is 250 Å². The summed E-state index contributed by atoms with van der Waals surface area (Å²) in [7, 11) is 0. The van der Waals surface area contributed by atoms with Crippen LogP contribution in [0.5, 0.6) is 0 Å². The Bertz CT molecular complexity index is 1010. The Morgan fingerprint density at radius 1 is 0.318 bits per heavy atom. The van der Waals surface area contributed by atoms with E-state index >= 15 is 0 Å². The van der Waals surface area contributed by atoms with Gasteiger partial charge in [-0.05, 0) is 70.6 Å². The molecule has 0 radical (unpaired) electrons. The minimum Gasteiger partial charge on any atom is -0.462 e. The largest absolute Gasteiger partial charge is 0.462 e. The monoisotopic (exact) mass is 929 g/mol. The van der Waals surface area contributed by atoms with Crippen LogP contribution in [0.25, 0.3) is 0 Å². The van der Waals surface area contributed by atoms with Crippen molar-refractivity contribution in [3.8, 4) is 0 Å². The molecule has 0 aromatic heterocycles. The predicted molar refractivity (Wildman–Crippen MR) is 289 cm³/mol. The molecule has 0 amide bonds. The first kappa shape index (κ1) is 64.4. The lowest BCUT2D eigenvalue weighted by molar-refractivity contribution is -0.163. The molecule has 66 heavy (non-hydrogen) atoms. The van der Waals surface area contributed by atoms with Crippen molar-refractivity contribution in [3.05, 3.63) is 24.3 Å². The molecule has 0 aromatic rings. The van der Waals surface area contributed by atoms with E-state index in [4.69, 9.17) is 14.2 Å². The van der Waals surface area contributed by atoms with Crippen LogP contribution in [0.3, 0.4) is 0 Å². The van der Waals surface area contributed by atoms with Crippen LogP contribution in [-0.4, -0.2) is 37.9 Å². The molecule has 0 spiro atoms. The third-order valence-electron chi connectivity index (χ3n) is 13.5. The van der Waals surface area contributed by atoms with Crippen LogP contribution < -0.4 is 0 Å². The Kier molecular flexibility index (Phi) is 56.3. The van der Waals surface area contributed by atoms with Gasteiger partial charge < -0.3 is 14.2 Å². The highest BCUT2D eigenvalue weighted by atomic mass is 16.6. The fourth-order valence-electron chi connectivity index (χ4n) is 8.97. The maximum absolute atomic E-state index is 12.8. The van der Waals surface area contributed by atoms with Gasteiger partial charge in [0.2, 0.25) is 0 Å². The van der Waals surface area contributed by atoms with Crippen molar-refractivity contribution in [3.63, 3.8) is 0 Å². The Hall–Kier alpha value is -1.62. The molecule has 1 atom stereocenters. The van der Waals surface area contributed by atoms with Gasteiger partial charge in [-0.3, -0.25) is 9.59 Å². The van der Waals surface area contributed by atoms with Crippen LogP contribution in [0.2, 0.25) is 0 Å². The van der Waals surface area contributed by atoms with Gasteiger partial charge in [-0.2, -0.15) is 0 Å². The molecule has 5 heteroatoms. The van der Waals surface area contributed by atoms with Crippen molar-refractivity contribution in [2.75, 3.05) is 19.8 Å². The molecule has 0 N–H and O–H groups in total. The van der Waals surface area contributed by atoms with E-state index in [-0.39, 0.29) is 18.5 Å². The van der Waals surface area contributed by atoms with Gasteiger partial charge >= 0.3 is 11.9 Å². The zero-order valence-corrected chi connectivity index (χ0v) is 45.0. The summed E-state index contributed by atoms with van der Waals surface area (Å²) in [6.07, 6.45) is 69.2. The summed E-state index contributed by atoms with van der Waals surface area (Å²) in [5.41, 5.74) is 0. The molecule has 0 saturated heterocycles. The fourth-order valence-corrected chi connectivity index (χ4v) is 8.97. The second-order valence-corrected chi connectivity index (χ2v) is 20.3. The number of carbonyl (C=O) groups excluding carboxylic acids is 2. The molecule has 0 aliphatic carbocycles. The number of rotatable bonds is 56. The number of esters is 2. The molecule has 0 aromatic carbocycles. The van der Waals surface area contributed by atoms with Gasteiger partial charge in [-0.25, -0.2) is 0 Å². The SMILES string of the molecule is CCCCCC/C=C\CCCCCCCC(=O)OC(COCCCCCCCCCCCCCCCCCCCC)COC(=O)CCCCCCCCCCC/C=C\CCCCCCCC. The van der Waals surface area contributed by atoms with Crippen LogP contribution in [0.15, 0.2) is 24.3 Å². The van der Waals surface area contributed by atoms with Gasteiger partial charge in [-0.1, -0.05) is 270 Å². The summed E-state index contributed by atoms with van der Waals surface area (Å²) in [6.45, 7) is 7.87. The van der Waals surface area contributed by atoms with Crippen LogP contribution in [-0.2, 0) is 23.8 Å². The van der Waals surface area contributed by atoms with Crippen molar-refractivity contribution in [1.82, 2.24) is 0 Å². The summed E-state index contributed by atoms with van der Waals surface area (Å²) in [4.78, 5) is 25.5. The van der Waals surface area contributed by atoms with Gasteiger partial charge in [0, 0.05) is 19.4 Å². The van der Waals surface area contributed by atoms with Crippen LogP contribution in [0.4, 0.5) is 0 Å². The van der Waals surface area contributed by atoms with Crippen LogP contribution >= 0.6 is 0 Å². The van der Waals surface area contributed by atoms with E-state index in [1.807, 2.05) is 0 Å². The maximum atomic E-state index is 12.8. The van der Waals surface area contributed by atoms with E-state index in [0.717, 1.165) is 44.9 Å². The molecule has 0 saturated carbocycles. The minimum absolute atomic E-state index is 0.0880. The average Bonchev–Trinajstić information content (AvgIpc) is 3.32. The number of hydrogen-bond donors (Lipinski definition) is 0. The quantitative estimate of drug-likeness (QED) is 0.0345. The van der Waals surface area contributed by atoms with Gasteiger partial charge in [0.25, 0.3) is 0 Å². The summed E-state index contributed by atoms with van der Waals surface area (Å²) < 4.78 is 17.5. The standard InChI is InChI=1S/C61H116O5/c1-4-7-10-13-16-19-22-25-27-29-31-32-34-37-39-42-45-48-51-54-60(62)65-58-59(66-61(63)55-52-49-46-43-40-36-24-21-18-15-12-9-6-3)57-64-56-53-50-47-44-41-38-35-33-30-28-26-23-20-17-14-11-8-5-2/h21,24-25,27,59H,4-20,22-23,26,28-58H2,1-3H3/b24-21-,27-25-. The van der Waals surface area contributed by atoms with Crippen molar-refractivity contribution < 1.29 is 23.8 Å². The second kappa shape index (κ2) is 57.7. The van der Waals surface area contributed by atoms with Gasteiger partial charge in [0.05, 0.1) is 6.61 Å². The topological polar surface area (TPSA) is 61.8 Å². The second-order valence-electron chi connectivity index (χ2n) is 20.3. The van der Waals surface area contributed by atoms with E-state index in [0.29, 0.717) is 26.1 Å². The number of hydrogen-bond acceptors (Lipinski definition) is 5. The Labute approximate surface area is 413 Å². The fraction of sp³-hybridized carbons (Fsp3) is 0.902. The molecule has 0 fully saturated rings. The highest BCUT2D eigenvalue weighted by Gasteiger charge is 2.17. The normalized spacial score (nSPS) is 12.2. The lowest BCUT2D eigenvalue weighted by Gasteiger charge is -2.18. The van der Waals surface area contributed by atoms with Crippen LogP contribution in [0, 0.1) is 0 Å². The zero-order chi connectivity index (χ0) is 47.7. The highest BCUT2D eigenvalue weighted by Crippen LogP contribution is 2.17. The Morgan fingerprint density at radius 2 is 0.591 bits per heavy atom. The Balaban J connectivity index is 4.19. The summed E-state index contributed by atoms with van der Waals surface area (Å²) in [5, 5.41) is 0. The number of allylic oxidation sites excluding steroid dienone is 4. The number of carbonyl (C=O) groups is 2. The predicted octanol–water partition coefficient (Wildman–Crippen LogP) is 20.4. The Morgan fingerprint density at radius 3 is 0.939 bits per heavy atom. The third-order valence-corrected chi connectivity index (χ3v) is 13.5. The van der Waals surface area contributed by atoms with E-state index in [1.54, 1.807) is 0 Å². The van der Waals surface area contributed by atoms with E-state index in [2.05, 4.69) is 45.1 Å². The summed E-state index contributed by atoms with van der Waals surface area (Å²) >= 11 is 0. The first-order chi connectivity index (χ1) is 32.6. The molecule has 1 unspecified atom stereocenters. The summed E-state index contributed by atoms with van der Waals surface area (Å²) in [6, 6.07) is 0. The maximum Gasteiger partial charge on any atom is 0.306 e. The van der Waals surface area contributed by atoms with Crippen LogP contribution in [0.1, 0.15) is 329 Å². The lowest BCUT2D eigenvalue weighted by Crippen LogP contribution is -2.30. The first-order valence-corrected chi connectivity index (χ1v) is 29.9. The van der Waals surface area contributed by atoms with Crippen molar-refractivity contribution in [2.45, 2.75) is 335 Å². The smallest absolute Gasteiger partial charge is 0.306 e. The number of ether oxygens (including phenoxy) is 3. The third kappa shape index (κ3) is 55.0. The first-order valence-electron chi connectivity index (χ1n) is 29.9. The summed E-state index contributed by atoms with van der Waals surface area (Å²) in [5.74, 6) is -0.388.